The van der Waals surface area contributed by atoms with Crippen molar-refractivity contribution in [1.29, 1.82) is 0 Å². The lowest BCUT2D eigenvalue weighted by Crippen LogP contribution is -2.12. The summed E-state index contributed by atoms with van der Waals surface area (Å²) in [6.07, 6.45) is 0. The van der Waals surface area contributed by atoms with Crippen LogP contribution in [0.25, 0.3) is 11.1 Å². The van der Waals surface area contributed by atoms with Gasteiger partial charge in [-0.3, -0.25) is 0 Å². The second-order valence-electron chi connectivity index (χ2n) is 4.52. The summed E-state index contributed by atoms with van der Waals surface area (Å²) in [4.78, 5) is 0. The summed E-state index contributed by atoms with van der Waals surface area (Å²) in [6.45, 7) is 5.50. The van der Waals surface area contributed by atoms with Gasteiger partial charge in [-0.25, -0.2) is 4.39 Å². The highest BCUT2D eigenvalue weighted by atomic mass is 35.5. The maximum absolute atomic E-state index is 13.5. The van der Waals surface area contributed by atoms with Crippen molar-refractivity contribution in [2.24, 2.45) is 0 Å². The first-order valence-electron chi connectivity index (χ1n) is 6.38. The molecule has 0 bridgehead atoms. The van der Waals surface area contributed by atoms with Gasteiger partial charge < -0.3 is 5.32 Å². The SMILES string of the molecule is CCNCc1ccccc1-c1cc(C)c(F)cc1Cl. The van der Waals surface area contributed by atoms with Crippen LogP contribution < -0.4 is 5.32 Å². The lowest BCUT2D eigenvalue weighted by molar-refractivity contribution is 0.619. The first-order valence-corrected chi connectivity index (χ1v) is 6.76. The number of rotatable bonds is 4. The minimum absolute atomic E-state index is 0.266. The number of aryl methyl sites for hydroxylation is 1. The van der Waals surface area contributed by atoms with E-state index in [1.165, 1.54) is 6.07 Å². The van der Waals surface area contributed by atoms with E-state index >= 15 is 0 Å². The van der Waals surface area contributed by atoms with Crippen LogP contribution in [0.5, 0.6) is 0 Å². The molecule has 0 spiro atoms. The number of hydrogen-bond acceptors (Lipinski definition) is 1. The van der Waals surface area contributed by atoms with Crippen LogP contribution in [0.1, 0.15) is 18.1 Å². The molecular weight excluding hydrogens is 261 g/mol. The van der Waals surface area contributed by atoms with Gasteiger partial charge in [0.25, 0.3) is 0 Å². The van der Waals surface area contributed by atoms with Crippen molar-refractivity contribution in [3.63, 3.8) is 0 Å². The Morgan fingerprint density at radius 1 is 1.16 bits per heavy atom. The second-order valence-corrected chi connectivity index (χ2v) is 4.93. The highest BCUT2D eigenvalue weighted by Crippen LogP contribution is 2.32. The second kappa shape index (κ2) is 6.18. The fourth-order valence-electron chi connectivity index (χ4n) is 2.06. The van der Waals surface area contributed by atoms with Crippen molar-refractivity contribution in [2.75, 3.05) is 6.54 Å². The van der Waals surface area contributed by atoms with Gasteiger partial charge in [0, 0.05) is 12.1 Å². The Kier molecular flexibility index (Phi) is 4.56. The van der Waals surface area contributed by atoms with E-state index in [2.05, 4.69) is 18.3 Å². The van der Waals surface area contributed by atoms with Crippen LogP contribution in [-0.4, -0.2) is 6.54 Å². The van der Waals surface area contributed by atoms with Crippen LogP contribution >= 0.6 is 11.6 Å². The molecule has 2 aromatic rings. The Morgan fingerprint density at radius 3 is 2.63 bits per heavy atom. The molecule has 2 aromatic carbocycles. The van der Waals surface area contributed by atoms with Gasteiger partial charge in [-0.1, -0.05) is 42.8 Å². The van der Waals surface area contributed by atoms with E-state index in [1.54, 1.807) is 6.92 Å². The summed E-state index contributed by atoms with van der Waals surface area (Å²) in [5, 5.41) is 3.75. The third-order valence-electron chi connectivity index (χ3n) is 3.12. The molecule has 0 heterocycles. The van der Waals surface area contributed by atoms with Crippen LogP contribution in [0, 0.1) is 12.7 Å². The van der Waals surface area contributed by atoms with Gasteiger partial charge in [0.05, 0.1) is 5.02 Å². The number of benzene rings is 2. The zero-order chi connectivity index (χ0) is 13.8. The lowest BCUT2D eigenvalue weighted by atomic mass is 9.98. The molecule has 0 unspecified atom stereocenters. The van der Waals surface area contributed by atoms with Crippen LogP contribution in [-0.2, 0) is 6.54 Å². The number of nitrogens with one attached hydrogen (secondary N) is 1. The van der Waals surface area contributed by atoms with E-state index in [4.69, 9.17) is 11.6 Å². The van der Waals surface area contributed by atoms with Gasteiger partial charge in [-0.05, 0) is 42.3 Å². The predicted molar refractivity (Wildman–Crippen MR) is 79.0 cm³/mol. The predicted octanol–water partition coefficient (Wildman–Crippen LogP) is 4.56. The Bertz CT molecular complexity index is 581. The monoisotopic (exact) mass is 277 g/mol. The molecular formula is C16H17ClFN. The van der Waals surface area contributed by atoms with Gasteiger partial charge in [0.15, 0.2) is 0 Å². The summed E-state index contributed by atoms with van der Waals surface area (Å²) < 4.78 is 13.5. The van der Waals surface area contributed by atoms with Gasteiger partial charge >= 0.3 is 0 Å². The van der Waals surface area contributed by atoms with Crippen LogP contribution in [0.3, 0.4) is 0 Å². The minimum Gasteiger partial charge on any atom is -0.313 e. The van der Waals surface area contributed by atoms with E-state index in [0.717, 1.165) is 29.8 Å². The summed E-state index contributed by atoms with van der Waals surface area (Å²) in [6, 6.07) is 11.2. The Balaban J connectivity index is 2.49. The molecule has 0 radical (unpaired) electrons. The first-order chi connectivity index (χ1) is 9.13. The van der Waals surface area contributed by atoms with E-state index in [-0.39, 0.29) is 5.82 Å². The van der Waals surface area contributed by atoms with Gasteiger partial charge in [-0.15, -0.1) is 0 Å². The van der Waals surface area contributed by atoms with E-state index in [1.807, 2.05) is 24.3 Å². The molecule has 1 nitrogen and oxygen atoms in total. The molecule has 2 rings (SSSR count). The average Bonchev–Trinajstić information content (AvgIpc) is 2.41. The van der Waals surface area contributed by atoms with Crippen molar-refractivity contribution in [2.45, 2.75) is 20.4 Å². The molecule has 0 aliphatic carbocycles. The van der Waals surface area contributed by atoms with Gasteiger partial charge in [0.2, 0.25) is 0 Å². The van der Waals surface area contributed by atoms with E-state index < -0.39 is 0 Å². The smallest absolute Gasteiger partial charge is 0.127 e. The quantitative estimate of drug-likeness (QED) is 0.864. The molecule has 1 N–H and O–H groups in total. The Labute approximate surface area is 118 Å². The summed E-state index contributed by atoms with van der Waals surface area (Å²) in [7, 11) is 0. The molecule has 0 atom stereocenters. The van der Waals surface area contributed by atoms with Crippen LogP contribution in [0.15, 0.2) is 36.4 Å². The van der Waals surface area contributed by atoms with Gasteiger partial charge in [-0.2, -0.15) is 0 Å². The fraction of sp³-hybridized carbons (Fsp3) is 0.250. The third-order valence-corrected chi connectivity index (χ3v) is 3.43. The summed E-state index contributed by atoms with van der Waals surface area (Å²) in [5.74, 6) is -0.266. The zero-order valence-electron chi connectivity index (χ0n) is 11.1. The highest BCUT2D eigenvalue weighted by Gasteiger charge is 2.11. The molecule has 0 amide bonds. The molecule has 0 aliphatic rings. The normalized spacial score (nSPS) is 10.7. The maximum Gasteiger partial charge on any atom is 0.127 e. The van der Waals surface area contributed by atoms with Crippen molar-refractivity contribution in [3.05, 3.63) is 58.4 Å². The van der Waals surface area contributed by atoms with Crippen molar-refractivity contribution in [1.82, 2.24) is 5.32 Å². The van der Waals surface area contributed by atoms with E-state index in [9.17, 15) is 4.39 Å². The minimum atomic E-state index is -0.266. The number of halogens is 2. The maximum atomic E-state index is 13.5. The largest absolute Gasteiger partial charge is 0.313 e. The molecule has 0 saturated carbocycles. The molecule has 3 heteroatoms. The highest BCUT2D eigenvalue weighted by molar-refractivity contribution is 6.33. The molecule has 0 saturated heterocycles. The number of hydrogen-bond donors (Lipinski definition) is 1. The van der Waals surface area contributed by atoms with Gasteiger partial charge in [0.1, 0.15) is 5.82 Å². The van der Waals surface area contributed by atoms with Crippen LogP contribution in [0.2, 0.25) is 5.02 Å². The average molecular weight is 278 g/mol. The van der Waals surface area contributed by atoms with Crippen molar-refractivity contribution >= 4 is 11.6 Å². The molecule has 0 aromatic heterocycles. The van der Waals surface area contributed by atoms with Crippen LogP contribution in [0.4, 0.5) is 4.39 Å². The first kappa shape index (κ1) is 14.0. The zero-order valence-corrected chi connectivity index (χ0v) is 11.9. The van der Waals surface area contributed by atoms with E-state index in [0.29, 0.717) is 10.6 Å². The summed E-state index contributed by atoms with van der Waals surface area (Å²) >= 11 is 6.18. The molecule has 0 fully saturated rings. The molecule has 100 valence electrons. The lowest BCUT2D eigenvalue weighted by Gasteiger charge is -2.12. The Hall–Kier alpha value is -1.38. The third kappa shape index (κ3) is 3.14. The molecule has 19 heavy (non-hydrogen) atoms. The van der Waals surface area contributed by atoms with Crippen molar-refractivity contribution < 1.29 is 4.39 Å². The Morgan fingerprint density at radius 2 is 1.89 bits per heavy atom. The summed E-state index contributed by atoms with van der Waals surface area (Å²) in [5.41, 5.74) is 3.71. The standard InChI is InChI=1S/C16H17ClFN/c1-3-19-10-12-6-4-5-7-13(12)14-8-11(2)16(18)9-15(14)17/h4-9,19H,3,10H2,1-2H3. The fourth-order valence-corrected chi connectivity index (χ4v) is 2.31. The topological polar surface area (TPSA) is 12.0 Å². The van der Waals surface area contributed by atoms with Crippen molar-refractivity contribution in [3.8, 4) is 11.1 Å². The molecule has 0 aliphatic heterocycles.